The summed E-state index contributed by atoms with van der Waals surface area (Å²) >= 11 is 0. The molecule has 1 unspecified atom stereocenters. The molecule has 1 aliphatic carbocycles. The maximum Gasteiger partial charge on any atom is 0.00317 e. The molecule has 0 nitrogen and oxygen atoms in total. The smallest absolute Gasteiger partial charge is 0.00317 e. The van der Waals surface area contributed by atoms with E-state index in [1.165, 1.54) is 16.3 Å². The highest BCUT2D eigenvalue weighted by atomic mass is 28.1. The first-order chi connectivity index (χ1) is 4.34. The van der Waals surface area contributed by atoms with E-state index in [-0.39, 0.29) is 0 Å². The minimum atomic E-state index is 0.752. The normalized spacial score (nSPS) is 21.4. The lowest BCUT2D eigenvalue weighted by atomic mass is 9.98. The van der Waals surface area contributed by atoms with Gasteiger partial charge in [-0.2, -0.15) is 0 Å². The molecule has 0 saturated heterocycles. The van der Waals surface area contributed by atoms with Crippen LogP contribution in [0, 0.1) is 11.8 Å². The van der Waals surface area contributed by atoms with E-state index in [0.29, 0.717) is 0 Å². The van der Waals surface area contributed by atoms with Gasteiger partial charge in [-0.25, -0.2) is 0 Å². The van der Waals surface area contributed by atoms with E-state index >= 15 is 0 Å². The van der Waals surface area contributed by atoms with Gasteiger partial charge in [0, 0.05) is 10.2 Å². The zero-order valence-electron chi connectivity index (χ0n) is 6.17. The molecule has 9 heavy (non-hydrogen) atoms. The molecule has 0 bridgehead atoms. The van der Waals surface area contributed by atoms with Crippen LogP contribution in [-0.4, -0.2) is 10.2 Å². The average molecular weight is 138 g/mol. The minimum absolute atomic E-state index is 0.752. The summed E-state index contributed by atoms with van der Waals surface area (Å²) in [5, 5.41) is 0. The van der Waals surface area contributed by atoms with Crippen LogP contribution in [0.1, 0.15) is 6.92 Å². The maximum atomic E-state index is 2.33. The number of rotatable bonds is 2. The lowest BCUT2D eigenvalue weighted by molar-refractivity contribution is 0.555. The Morgan fingerprint density at radius 1 is 1.44 bits per heavy atom. The molecule has 0 aromatic heterocycles. The van der Waals surface area contributed by atoms with Gasteiger partial charge in [0.25, 0.3) is 0 Å². The van der Waals surface area contributed by atoms with Gasteiger partial charge in [0.05, 0.1) is 0 Å². The molecule has 0 aromatic carbocycles. The molecule has 1 aliphatic rings. The van der Waals surface area contributed by atoms with Gasteiger partial charge in [-0.05, 0) is 11.8 Å². The second kappa shape index (κ2) is 3.02. The summed E-state index contributed by atoms with van der Waals surface area (Å²) in [7, 11) is 1.34. The van der Waals surface area contributed by atoms with E-state index in [2.05, 4.69) is 31.2 Å². The number of hydrogen-bond acceptors (Lipinski definition) is 0. The summed E-state index contributed by atoms with van der Waals surface area (Å²) in [5.41, 5.74) is 0. The van der Waals surface area contributed by atoms with E-state index in [9.17, 15) is 0 Å². The predicted octanol–water partition coefficient (Wildman–Crippen LogP) is 1.15. The number of hydrogen-bond donors (Lipinski definition) is 0. The lowest BCUT2D eigenvalue weighted by Crippen LogP contribution is -2.03. The van der Waals surface area contributed by atoms with Crippen molar-refractivity contribution in [1.82, 2.24) is 0 Å². The third-order valence-corrected chi connectivity index (χ3v) is 3.37. The minimum Gasteiger partial charge on any atom is -0.0774 e. The summed E-state index contributed by atoms with van der Waals surface area (Å²) in [6.07, 6.45) is 8.89. The van der Waals surface area contributed by atoms with Crippen LogP contribution in [-0.2, 0) is 0 Å². The average Bonchev–Trinajstić information content (AvgIpc) is 2.37. The van der Waals surface area contributed by atoms with Gasteiger partial charge >= 0.3 is 0 Å². The first kappa shape index (κ1) is 6.81. The molecular formula is C8H14Si. The number of allylic oxidation sites excluding steroid dienone is 4. The van der Waals surface area contributed by atoms with Crippen molar-refractivity contribution in [3.63, 3.8) is 0 Å². The van der Waals surface area contributed by atoms with Gasteiger partial charge in [0.1, 0.15) is 0 Å². The highest BCUT2D eigenvalue weighted by molar-refractivity contribution is 6.08. The van der Waals surface area contributed by atoms with E-state index in [0.717, 1.165) is 11.8 Å². The molecule has 0 aliphatic heterocycles. The Labute approximate surface area is 60.1 Å². The fraction of sp³-hybridized carbons (Fsp3) is 0.500. The van der Waals surface area contributed by atoms with E-state index in [1.54, 1.807) is 0 Å². The molecule has 0 heterocycles. The lowest BCUT2D eigenvalue weighted by Gasteiger charge is -2.11. The van der Waals surface area contributed by atoms with E-state index < -0.39 is 0 Å². The van der Waals surface area contributed by atoms with Crippen LogP contribution in [0.25, 0.3) is 0 Å². The molecule has 0 fully saturated rings. The Hall–Kier alpha value is -0.303. The van der Waals surface area contributed by atoms with Crippen LogP contribution < -0.4 is 0 Å². The van der Waals surface area contributed by atoms with Crippen LogP contribution in [0.4, 0.5) is 0 Å². The SMILES string of the molecule is CC(C[SiH3])C1C=CC=C1. The maximum absolute atomic E-state index is 2.33. The van der Waals surface area contributed by atoms with E-state index in [1.807, 2.05) is 0 Å². The van der Waals surface area contributed by atoms with Crippen LogP contribution >= 0.6 is 0 Å². The molecule has 0 spiro atoms. The fourth-order valence-electron chi connectivity index (χ4n) is 1.10. The Morgan fingerprint density at radius 3 is 2.44 bits per heavy atom. The van der Waals surface area contributed by atoms with Crippen molar-refractivity contribution in [2.24, 2.45) is 11.8 Å². The van der Waals surface area contributed by atoms with Crippen LogP contribution in [0.5, 0.6) is 0 Å². The molecule has 0 N–H and O–H groups in total. The standard InChI is InChI=1S/C8H14Si/c1-7(6-9)8-4-2-3-5-8/h2-5,7-8H,6H2,1,9H3. The van der Waals surface area contributed by atoms with Gasteiger partial charge in [0.15, 0.2) is 0 Å². The van der Waals surface area contributed by atoms with Gasteiger partial charge in [-0.3, -0.25) is 0 Å². The third-order valence-electron chi connectivity index (χ3n) is 2.08. The quantitative estimate of drug-likeness (QED) is 0.502. The fourth-order valence-corrected chi connectivity index (χ4v) is 1.64. The molecule has 50 valence electrons. The Morgan fingerprint density at radius 2 is 2.00 bits per heavy atom. The monoisotopic (exact) mass is 138 g/mol. The zero-order valence-corrected chi connectivity index (χ0v) is 8.17. The highest BCUT2D eigenvalue weighted by Crippen LogP contribution is 2.20. The Balaban J connectivity index is 2.43. The Bertz CT molecular complexity index is 124. The van der Waals surface area contributed by atoms with Crippen molar-refractivity contribution in [3.05, 3.63) is 24.3 Å². The molecular weight excluding hydrogens is 124 g/mol. The van der Waals surface area contributed by atoms with Crippen molar-refractivity contribution in [2.45, 2.75) is 13.0 Å². The first-order valence-corrected chi connectivity index (χ1v) is 5.11. The molecule has 0 saturated carbocycles. The predicted molar refractivity (Wildman–Crippen MR) is 45.7 cm³/mol. The topological polar surface area (TPSA) is 0 Å². The third kappa shape index (κ3) is 1.55. The molecule has 1 heteroatoms. The van der Waals surface area contributed by atoms with E-state index in [4.69, 9.17) is 0 Å². The summed E-state index contributed by atoms with van der Waals surface area (Å²) in [6.45, 7) is 2.33. The second-order valence-corrected chi connectivity index (χ2v) is 3.55. The zero-order chi connectivity index (χ0) is 6.69. The van der Waals surface area contributed by atoms with Gasteiger partial charge < -0.3 is 0 Å². The summed E-state index contributed by atoms with van der Waals surface area (Å²) in [6, 6.07) is 1.42. The van der Waals surface area contributed by atoms with Crippen molar-refractivity contribution >= 4 is 10.2 Å². The van der Waals surface area contributed by atoms with Gasteiger partial charge in [-0.1, -0.05) is 37.3 Å². The largest absolute Gasteiger partial charge is 0.0774 e. The molecule has 0 radical (unpaired) electrons. The van der Waals surface area contributed by atoms with Gasteiger partial charge in [-0.15, -0.1) is 0 Å². The van der Waals surface area contributed by atoms with Crippen molar-refractivity contribution in [2.75, 3.05) is 0 Å². The van der Waals surface area contributed by atoms with Crippen LogP contribution in [0.3, 0.4) is 0 Å². The highest BCUT2D eigenvalue weighted by Gasteiger charge is 2.09. The van der Waals surface area contributed by atoms with Crippen LogP contribution in [0.2, 0.25) is 6.04 Å². The molecule has 1 atom stereocenters. The van der Waals surface area contributed by atoms with Gasteiger partial charge in [0.2, 0.25) is 0 Å². The summed E-state index contributed by atoms with van der Waals surface area (Å²) in [4.78, 5) is 0. The van der Waals surface area contributed by atoms with Crippen molar-refractivity contribution in [3.8, 4) is 0 Å². The van der Waals surface area contributed by atoms with Crippen molar-refractivity contribution < 1.29 is 0 Å². The summed E-state index contributed by atoms with van der Waals surface area (Å²) in [5.74, 6) is 1.63. The first-order valence-electron chi connectivity index (χ1n) is 3.69. The second-order valence-electron chi connectivity index (χ2n) is 2.73. The van der Waals surface area contributed by atoms with Crippen molar-refractivity contribution in [1.29, 1.82) is 0 Å². The molecule has 0 amide bonds. The molecule has 1 rings (SSSR count). The Kier molecular flexibility index (Phi) is 2.28. The molecule has 0 aromatic rings. The summed E-state index contributed by atoms with van der Waals surface area (Å²) < 4.78 is 0. The van der Waals surface area contributed by atoms with Crippen LogP contribution in [0.15, 0.2) is 24.3 Å².